The first-order chi connectivity index (χ1) is 13.1. The molecule has 1 heterocycles. The van der Waals surface area contributed by atoms with Gasteiger partial charge < -0.3 is 5.32 Å². The van der Waals surface area contributed by atoms with Gasteiger partial charge in [0.05, 0.1) is 16.6 Å². The molecule has 7 nitrogen and oxygen atoms in total. The van der Waals surface area contributed by atoms with Gasteiger partial charge in [-0.1, -0.05) is 12.1 Å². The molecule has 2 aromatic carbocycles. The Morgan fingerprint density at radius 3 is 2.29 bits per heavy atom. The molecule has 0 fully saturated rings. The van der Waals surface area contributed by atoms with Gasteiger partial charge in [-0.05, 0) is 55.8 Å². The van der Waals surface area contributed by atoms with E-state index in [9.17, 15) is 17.6 Å². The van der Waals surface area contributed by atoms with Crippen molar-refractivity contribution in [2.45, 2.75) is 24.8 Å². The minimum Gasteiger partial charge on any atom is -0.343 e. The zero-order valence-electron chi connectivity index (χ0n) is 15.5. The quantitative estimate of drug-likeness (QED) is 0.708. The van der Waals surface area contributed by atoms with E-state index < -0.39 is 15.7 Å². The van der Waals surface area contributed by atoms with Crippen LogP contribution in [0.5, 0.6) is 0 Å². The molecule has 28 heavy (non-hydrogen) atoms. The van der Waals surface area contributed by atoms with E-state index >= 15 is 0 Å². The second-order valence-corrected chi connectivity index (χ2v) is 8.42. The third-order valence-electron chi connectivity index (χ3n) is 4.20. The molecule has 1 aromatic heterocycles. The van der Waals surface area contributed by atoms with E-state index in [2.05, 4.69) is 15.4 Å². The lowest BCUT2D eigenvalue weighted by Gasteiger charge is -2.13. The fourth-order valence-electron chi connectivity index (χ4n) is 2.66. The van der Waals surface area contributed by atoms with Gasteiger partial charge in [0.2, 0.25) is 5.82 Å². The number of sulfone groups is 1. The molecular weight excluding hydrogens is 383 g/mol. The SMILES string of the molecule is Cc1nc(C(=O)N[C@@H](C)c2ccc(S(C)(=O)=O)cc2)nn1-c1ccc(F)cc1. The van der Waals surface area contributed by atoms with Crippen LogP contribution in [0.2, 0.25) is 0 Å². The summed E-state index contributed by atoms with van der Waals surface area (Å²) in [7, 11) is -3.28. The van der Waals surface area contributed by atoms with Crippen LogP contribution in [0, 0.1) is 12.7 Å². The molecule has 0 unspecified atom stereocenters. The van der Waals surface area contributed by atoms with Crippen molar-refractivity contribution in [3.05, 3.63) is 71.6 Å². The number of nitrogens with zero attached hydrogens (tertiary/aromatic N) is 3. The van der Waals surface area contributed by atoms with Crippen LogP contribution in [-0.2, 0) is 9.84 Å². The average molecular weight is 402 g/mol. The molecule has 146 valence electrons. The maximum absolute atomic E-state index is 13.1. The van der Waals surface area contributed by atoms with E-state index in [0.717, 1.165) is 11.8 Å². The molecule has 0 bridgehead atoms. The first-order valence-electron chi connectivity index (χ1n) is 8.45. The first kappa shape index (κ1) is 19.7. The van der Waals surface area contributed by atoms with E-state index in [1.165, 1.54) is 28.9 Å². The van der Waals surface area contributed by atoms with Crippen LogP contribution in [0.3, 0.4) is 0 Å². The summed E-state index contributed by atoms with van der Waals surface area (Å²) in [4.78, 5) is 16.9. The van der Waals surface area contributed by atoms with Crippen LogP contribution in [0.15, 0.2) is 53.4 Å². The van der Waals surface area contributed by atoms with Gasteiger partial charge >= 0.3 is 0 Å². The van der Waals surface area contributed by atoms with E-state index in [0.29, 0.717) is 11.5 Å². The first-order valence-corrected chi connectivity index (χ1v) is 10.3. The maximum Gasteiger partial charge on any atom is 0.291 e. The number of carbonyl (C=O) groups is 1. The van der Waals surface area contributed by atoms with Crippen LogP contribution in [0.4, 0.5) is 4.39 Å². The number of aromatic nitrogens is 3. The number of aryl methyl sites for hydroxylation is 1. The van der Waals surface area contributed by atoms with Crippen molar-refractivity contribution in [2.75, 3.05) is 6.26 Å². The largest absolute Gasteiger partial charge is 0.343 e. The second-order valence-electron chi connectivity index (χ2n) is 6.41. The number of hydrogen-bond donors (Lipinski definition) is 1. The lowest BCUT2D eigenvalue weighted by Crippen LogP contribution is -2.27. The summed E-state index contributed by atoms with van der Waals surface area (Å²) in [6, 6.07) is 11.6. The zero-order valence-corrected chi connectivity index (χ0v) is 16.4. The molecule has 1 amide bonds. The van der Waals surface area contributed by atoms with Crippen molar-refractivity contribution in [3.63, 3.8) is 0 Å². The summed E-state index contributed by atoms with van der Waals surface area (Å²) in [5, 5.41) is 6.98. The standard InChI is InChI=1S/C19H19FN4O3S/c1-12(14-4-10-17(11-5-14)28(3,26)27)21-19(25)18-22-13(2)24(23-18)16-8-6-15(20)7-9-16/h4-12H,1-3H3,(H,21,25)/t12-/m0/s1. The highest BCUT2D eigenvalue weighted by molar-refractivity contribution is 7.90. The number of benzene rings is 2. The van der Waals surface area contributed by atoms with E-state index in [1.807, 2.05) is 0 Å². The zero-order chi connectivity index (χ0) is 20.5. The second kappa shape index (κ2) is 7.51. The van der Waals surface area contributed by atoms with Crippen LogP contribution < -0.4 is 5.32 Å². The Balaban J connectivity index is 1.76. The summed E-state index contributed by atoms with van der Waals surface area (Å²) < 4.78 is 37.6. The predicted octanol–water partition coefficient (Wildman–Crippen LogP) is 2.61. The molecule has 0 saturated heterocycles. The lowest BCUT2D eigenvalue weighted by atomic mass is 10.1. The van der Waals surface area contributed by atoms with Gasteiger partial charge in [-0.15, -0.1) is 5.10 Å². The van der Waals surface area contributed by atoms with Gasteiger partial charge in [0.15, 0.2) is 9.84 Å². The fourth-order valence-corrected chi connectivity index (χ4v) is 3.29. The molecule has 3 rings (SSSR count). The molecule has 0 saturated carbocycles. The molecule has 9 heteroatoms. The molecule has 0 radical (unpaired) electrons. The Hall–Kier alpha value is -3.07. The Morgan fingerprint density at radius 2 is 1.71 bits per heavy atom. The minimum absolute atomic E-state index is 0.0126. The molecule has 0 aliphatic carbocycles. The van der Waals surface area contributed by atoms with Gasteiger partial charge in [0.1, 0.15) is 11.6 Å². The molecule has 0 aliphatic heterocycles. The molecular formula is C19H19FN4O3S. The van der Waals surface area contributed by atoms with Crippen LogP contribution >= 0.6 is 0 Å². The number of amides is 1. The number of rotatable bonds is 5. The fraction of sp³-hybridized carbons (Fsp3) is 0.211. The van der Waals surface area contributed by atoms with Gasteiger partial charge in [-0.2, -0.15) is 0 Å². The normalized spacial score (nSPS) is 12.6. The maximum atomic E-state index is 13.1. The van der Waals surface area contributed by atoms with Crippen molar-refractivity contribution in [1.82, 2.24) is 20.1 Å². The van der Waals surface area contributed by atoms with Crippen LogP contribution in [0.1, 0.15) is 35.0 Å². The lowest BCUT2D eigenvalue weighted by molar-refractivity contribution is 0.0929. The number of carbonyl (C=O) groups excluding carboxylic acids is 1. The predicted molar refractivity (Wildman–Crippen MR) is 101 cm³/mol. The third kappa shape index (κ3) is 4.25. The molecule has 1 N–H and O–H groups in total. The Kier molecular flexibility index (Phi) is 5.28. The van der Waals surface area contributed by atoms with E-state index in [4.69, 9.17) is 0 Å². The van der Waals surface area contributed by atoms with Crippen molar-refractivity contribution in [3.8, 4) is 5.69 Å². The Labute approximate surface area is 162 Å². The summed E-state index contributed by atoms with van der Waals surface area (Å²) >= 11 is 0. The van der Waals surface area contributed by atoms with Gasteiger partial charge in [0, 0.05) is 6.26 Å². The summed E-state index contributed by atoms with van der Waals surface area (Å²) in [5.74, 6) is -0.359. The average Bonchev–Trinajstić information content (AvgIpc) is 3.03. The highest BCUT2D eigenvalue weighted by atomic mass is 32.2. The Morgan fingerprint density at radius 1 is 1.11 bits per heavy atom. The highest BCUT2D eigenvalue weighted by Gasteiger charge is 2.18. The van der Waals surface area contributed by atoms with Crippen LogP contribution in [0.25, 0.3) is 5.69 Å². The van der Waals surface area contributed by atoms with Crippen molar-refractivity contribution < 1.29 is 17.6 Å². The van der Waals surface area contributed by atoms with E-state index in [1.54, 1.807) is 38.1 Å². The third-order valence-corrected chi connectivity index (χ3v) is 5.33. The Bertz CT molecular complexity index is 1110. The van der Waals surface area contributed by atoms with Gasteiger partial charge in [-0.25, -0.2) is 22.5 Å². The van der Waals surface area contributed by atoms with E-state index in [-0.39, 0.29) is 22.6 Å². The minimum atomic E-state index is -3.28. The highest BCUT2D eigenvalue weighted by Crippen LogP contribution is 2.17. The molecule has 3 aromatic rings. The molecule has 0 aliphatic rings. The van der Waals surface area contributed by atoms with Gasteiger partial charge in [0.25, 0.3) is 5.91 Å². The molecule has 1 atom stereocenters. The number of hydrogen-bond acceptors (Lipinski definition) is 5. The van der Waals surface area contributed by atoms with Crippen molar-refractivity contribution in [2.24, 2.45) is 0 Å². The number of nitrogens with one attached hydrogen (secondary N) is 1. The van der Waals surface area contributed by atoms with Gasteiger partial charge in [-0.3, -0.25) is 4.79 Å². The smallest absolute Gasteiger partial charge is 0.291 e. The van der Waals surface area contributed by atoms with Crippen molar-refractivity contribution in [1.29, 1.82) is 0 Å². The monoisotopic (exact) mass is 402 g/mol. The molecule has 0 spiro atoms. The summed E-state index contributed by atoms with van der Waals surface area (Å²) in [6.45, 7) is 3.47. The number of halogens is 1. The summed E-state index contributed by atoms with van der Waals surface area (Å²) in [6.07, 6.45) is 1.14. The van der Waals surface area contributed by atoms with Crippen LogP contribution in [-0.4, -0.2) is 35.3 Å². The van der Waals surface area contributed by atoms with Crippen molar-refractivity contribution >= 4 is 15.7 Å². The topological polar surface area (TPSA) is 93.9 Å². The summed E-state index contributed by atoms with van der Waals surface area (Å²) in [5.41, 5.74) is 1.34.